The Kier molecular flexibility index (Phi) is 2.87. The van der Waals surface area contributed by atoms with Crippen LogP contribution in [0.2, 0.25) is 0 Å². The summed E-state index contributed by atoms with van der Waals surface area (Å²) in [5.74, 6) is 0.0251. The van der Waals surface area contributed by atoms with Crippen molar-refractivity contribution in [2.45, 2.75) is 18.9 Å². The van der Waals surface area contributed by atoms with Crippen molar-refractivity contribution in [3.05, 3.63) is 0 Å². The average molecular weight is 173 g/mol. The number of hydrogen-bond donors (Lipinski definition) is 4. The first kappa shape index (κ1) is 8.79. The van der Waals surface area contributed by atoms with E-state index in [2.05, 4.69) is 10.7 Å². The lowest BCUT2D eigenvalue weighted by molar-refractivity contribution is -0.119. The van der Waals surface area contributed by atoms with Crippen molar-refractivity contribution in [2.75, 3.05) is 6.54 Å². The second-order valence-corrected chi connectivity index (χ2v) is 2.61. The second kappa shape index (κ2) is 3.91. The van der Waals surface area contributed by atoms with E-state index >= 15 is 0 Å². The first-order valence-electron chi connectivity index (χ1n) is 3.69. The van der Waals surface area contributed by atoms with Crippen molar-refractivity contribution >= 4 is 12.0 Å². The van der Waals surface area contributed by atoms with Crippen LogP contribution in [0.1, 0.15) is 12.8 Å². The zero-order valence-corrected chi connectivity index (χ0v) is 6.46. The Balaban J connectivity index is 2.08. The quantitative estimate of drug-likeness (QED) is 0.414. The molecular weight excluding hydrogens is 162 g/mol. The molecule has 0 aliphatic carbocycles. The van der Waals surface area contributed by atoms with E-state index in [-0.39, 0.29) is 11.9 Å². The molecule has 6 heteroatoms. The number of hydrogen-bond acceptors (Lipinski definition) is 3. The van der Waals surface area contributed by atoms with Gasteiger partial charge < -0.3 is 10.4 Å². The molecule has 68 valence electrons. The molecule has 1 aliphatic heterocycles. The van der Waals surface area contributed by atoms with Gasteiger partial charge in [-0.25, -0.2) is 10.2 Å². The van der Waals surface area contributed by atoms with Gasteiger partial charge in [-0.15, -0.1) is 0 Å². The Morgan fingerprint density at radius 1 is 1.75 bits per heavy atom. The van der Waals surface area contributed by atoms with E-state index in [1.165, 1.54) is 0 Å². The van der Waals surface area contributed by atoms with E-state index < -0.39 is 6.09 Å². The van der Waals surface area contributed by atoms with Gasteiger partial charge >= 0.3 is 6.09 Å². The van der Waals surface area contributed by atoms with Crippen molar-refractivity contribution in [3.63, 3.8) is 0 Å². The van der Waals surface area contributed by atoms with Gasteiger partial charge in [0, 0.05) is 19.0 Å². The third-order valence-corrected chi connectivity index (χ3v) is 1.63. The van der Waals surface area contributed by atoms with Gasteiger partial charge in [0.2, 0.25) is 5.91 Å². The Morgan fingerprint density at radius 2 is 2.50 bits per heavy atom. The number of carbonyl (C=O) groups is 2. The zero-order chi connectivity index (χ0) is 8.97. The van der Waals surface area contributed by atoms with Crippen LogP contribution in [0.15, 0.2) is 0 Å². The summed E-state index contributed by atoms with van der Waals surface area (Å²) in [6.45, 7) is 0.429. The fraction of sp³-hybridized carbons (Fsp3) is 0.667. The van der Waals surface area contributed by atoms with Gasteiger partial charge in [0.1, 0.15) is 0 Å². The molecular formula is C6H11N3O3. The first-order valence-corrected chi connectivity index (χ1v) is 3.69. The molecule has 6 nitrogen and oxygen atoms in total. The monoisotopic (exact) mass is 173 g/mol. The molecule has 0 bridgehead atoms. The summed E-state index contributed by atoms with van der Waals surface area (Å²) >= 11 is 0. The van der Waals surface area contributed by atoms with E-state index in [0.717, 1.165) is 6.42 Å². The molecule has 0 aromatic rings. The minimum absolute atomic E-state index is 0.0251. The van der Waals surface area contributed by atoms with Crippen molar-refractivity contribution in [3.8, 4) is 0 Å². The molecule has 0 radical (unpaired) electrons. The normalized spacial score (nSPS) is 22.0. The molecule has 0 aromatic heterocycles. The number of hydrazine groups is 1. The van der Waals surface area contributed by atoms with Crippen molar-refractivity contribution in [1.29, 1.82) is 0 Å². The van der Waals surface area contributed by atoms with Crippen LogP contribution >= 0.6 is 0 Å². The highest BCUT2D eigenvalue weighted by molar-refractivity contribution is 5.78. The first-order chi connectivity index (χ1) is 5.68. The van der Waals surface area contributed by atoms with Gasteiger partial charge in [-0.1, -0.05) is 0 Å². The predicted octanol–water partition coefficient (Wildman–Crippen LogP) is -0.963. The number of rotatable bonds is 3. The van der Waals surface area contributed by atoms with Crippen LogP contribution in [0.25, 0.3) is 0 Å². The van der Waals surface area contributed by atoms with Crippen LogP contribution in [-0.4, -0.2) is 29.7 Å². The van der Waals surface area contributed by atoms with E-state index in [1.54, 1.807) is 0 Å². The third kappa shape index (κ3) is 2.75. The van der Waals surface area contributed by atoms with E-state index in [1.807, 2.05) is 5.43 Å². The molecule has 0 unspecified atom stereocenters. The van der Waals surface area contributed by atoms with Crippen molar-refractivity contribution in [2.24, 2.45) is 0 Å². The topological polar surface area (TPSA) is 90.5 Å². The van der Waals surface area contributed by atoms with Crippen molar-refractivity contribution in [1.82, 2.24) is 16.2 Å². The maximum absolute atomic E-state index is 10.7. The molecule has 0 aromatic carbocycles. The average Bonchev–Trinajstić information content (AvgIpc) is 2.35. The molecule has 12 heavy (non-hydrogen) atoms. The van der Waals surface area contributed by atoms with Gasteiger partial charge in [0.05, 0.1) is 0 Å². The summed E-state index contributed by atoms with van der Waals surface area (Å²) in [5, 5.41) is 10.9. The lowest BCUT2D eigenvalue weighted by atomic mass is 10.2. The lowest BCUT2D eigenvalue weighted by Crippen LogP contribution is -2.44. The number of carbonyl (C=O) groups excluding carboxylic acids is 1. The maximum Gasteiger partial charge on any atom is 0.419 e. The molecule has 1 rings (SSSR count). The molecule has 0 saturated carbocycles. The fourth-order valence-electron chi connectivity index (χ4n) is 1.08. The Labute approximate surface area is 69.3 Å². The largest absolute Gasteiger partial charge is 0.464 e. The molecule has 1 fully saturated rings. The fourth-order valence-corrected chi connectivity index (χ4v) is 1.08. The lowest BCUT2D eigenvalue weighted by Gasteiger charge is -2.09. The van der Waals surface area contributed by atoms with Gasteiger partial charge in [0.25, 0.3) is 0 Å². The predicted molar refractivity (Wildman–Crippen MR) is 40.3 cm³/mol. The minimum Gasteiger partial charge on any atom is -0.464 e. The molecule has 1 saturated heterocycles. The second-order valence-electron chi connectivity index (χ2n) is 2.61. The third-order valence-electron chi connectivity index (χ3n) is 1.63. The summed E-state index contributed by atoms with van der Waals surface area (Å²) in [7, 11) is 0. The standard InChI is InChI=1S/C6H11N3O3/c10-5-2-1-4(8-5)3-7-9-6(11)12/h4,7,9H,1-3H2,(H,8,10)(H,11,12)/t4-/m0/s1. The number of amides is 2. The summed E-state index contributed by atoms with van der Waals surface area (Å²) in [5.41, 5.74) is 4.49. The Morgan fingerprint density at radius 3 is 3.00 bits per heavy atom. The maximum atomic E-state index is 10.7. The van der Waals surface area contributed by atoms with Crippen LogP contribution in [0.5, 0.6) is 0 Å². The summed E-state index contributed by atoms with van der Waals surface area (Å²) in [6.07, 6.45) is 0.159. The van der Waals surface area contributed by atoms with E-state index in [0.29, 0.717) is 13.0 Å². The SMILES string of the molecule is O=C(O)NNC[C@@H]1CCC(=O)N1. The molecule has 0 spiro atoms. The minimum atomic E-state index is -1.13. The zero-order valence-electron chi connectivity index (χ0n) is 6.46. The summed E-state index contributed by atoms with van der Waals surface area (Å²) in [4.78, 5) is 20.7. The van der Waals surface area contributed by atoms with Gasteiger partial charge in [-0.2, -0.15) is 0 Å². The van der Waals surface area contributed by atoms with Gasteiger partial charge in [-0.05, 0) is 6.42 Å². The Hall–Kier alpha value is -1.30. The highest BCUT2D eigenvalue weighted by Crippen LogP contribution is 2.04. The molecule has 2 amide bonds. The molecule has 4 N–H and O–H groups in total. The van der Waals surface area contributed by atoms with Crippen LogP contribution in [0, 0.1) is 0 Å². The number of carboxylic acid groups (broad SMARTS) is 1. The highest BCUT2D eigenvalue weighted by Gasteiger charge is 2.19. The van der Waals surface area contributed by atoms with Crippen LogP contribution in [-0.2, 0) is 4.79 Å². The molecule has 1 atom stereocenters. The highest BCUT2D eigenvalue weighted by atomic mass is 16.4. The molecule has 1 aliphatic rings. The molecule has 1 heterocycles. The smallest absolute Gasteiger partial charge is 0.419 e. The summed E-state index contributed by atoms with van der Waals surface area (Å²) in [6, 6.07) is 0.0457. The number of nitrogens with one attached hydrogen (secondary N) is 3. The van der Waals surface area contributed by atoms with Crippen LogP contribution < -0.4 is 16.2 Å². The Bertz CT molecular complexity index is 194. The van der Waals surface area contributed by atoms with Crippen LogP contribution in [0.3, 0.4) is 0 Å². The van der Waals surface area contributed by atoms with E-state index in [9.17, 15) is 9.59 Å². The summed E-state index contributed by atoms with van der Waals surface area (Å²) < 4.78 is 0. The van der Waals surface area contributed by atoms with Crippen LogP contribution in [0.4, 0.5) is 4.79 Å². The van der Waals surface area contributed by atoms with E-state index in [4.69, 9.17) is 5.11 Å². The van der Waals surface area contributed by atoms with Gasteiger partial charge in [0.15, 0.2) is 0 Å². The van der Waals surface area contributed by atoms with Gasteiger partial charge in [-0.3, -0.25) is 10.2 Å². The van der Waals surface area contributed by atoms with Crippen molar-refractivity contribution < 1.29 is 14.7 Å².